The van der Waals surface area contributed by atoms with Gasteiger partial charge < -0.3 is 10.2 Å². The van der Waals surface area contributed by atoms with E-state index >= 15 is 0 Å². The first-order chi connectivity index (χ1) is 14.4. The standard InChI is InChI=1S/C22H25N3O5/c1-16(24-19(22(29)30)13-12-17-8-4-2-5-9-17)21(28)25(15-20(26)27)23-14-18-10-6-3-7-11-18/h2-11,14,16,19,24H,12-13,15H2,1H3,(H,26,27)(H,29,30)/t16-,19?/m0/s1. The Morgan fingerprint density at radius 3 is 2.20 bits per heavy atom. The van der Waals surface area contributed by atoms with Crippen LogP contribution in [0.5, 0.6) is 0 Å². The molecule has 0 radical (unpaired) electrons. The second-order valence-electron chi connectivity index (χ2n) is 6.75. The van der Waals surface area contributed by atoms with Gasteiger partial charge in [-0.25, -0.2) is 5.01 Å². The lowest BCUT2D eigenvalue weighted by atomic mass is 10.0. The number of hydrogen-bond donors (Lipinski definition) is 3. The highest BCUT2D eigenvalue weighted by Gasteiger charge is 2.27. The maximum Gasteiger partial charge on any atom is 0.325 e. The van der Waals surface area contributed by atoms with Crippen LogP contribution in [0.1, 0.15) is 24.5 Å². The number of hydrogen-bond acceptors (Lipinski definition) is 5. The minimum atomic E-state index is -1.22. The number of aryl methyl sites for hydroxylation is 1. The second-order valence-corrected chi connectivity index (χ2v) is 6.75. The van der Waals surface area contributed by atoms with Crippen molar-refractivity contribution in [3.63, 3.8) is 0 Å². The average molecular weight is 411 g/mol. The molecule has 0 aliphatic rings. The number of carbonyl (C=O) groups is 3. The Bertz CT molecular complexity index is 871. The number of carboxylic acid groups (broad SMARTS) is 2. The Balaban J connectivity index is 2.04. The van der Waals surface area contributed by atoms with Gasteiger partial charge in [0.2, 0.25) is 0 Å². The Hall–Kier alpha value is -3.52. The highest BCUT2D eigenvalue weighted by Crippen LogP contribution is 2.07. The van der Waals surface area contributed by atoms with E-state index in [0.29, 0.717) is 12.0 Å². The predicted molar refractivity (Wildman–Crippen MR) is 112 cm³/mol. The first-order valence-electron chi connectivity index (χ1n) is 9.52. The van der Waals surface area contributed by atoms with E-state index in [1.54, 1.807) is 24.3 Å². The van der Waals surface area contributed by atoms with Crippen LogP contribution in [0.25, 0.3) is 0 Å². The van der Waals surface area contributed by atoms with Crippen molar-refractivity contribution in [1.82, 2.24) is 10.3 Å². The fraction of sp³-hybridized carbons (Fsp3) is 0.273. The van der Waals surface area contributed by atoms with E-state index in [9.17, 15) is 19.5 Å². The van der Waals surface area contributed by atoms with E-state index < -0.39 is 36.5 Å². The maximum atomic E-state index is 12.7. The Morgan fingerprint density at radius 1 is 1.03 bits per heavy atom. The summed E-state index contributed by atoms with van der Waals surface area (Å²) < 4.78 is 0. The van der Waals surface area contributed by atoms with Crippen LogP contribution in [0.2, 0.25) is 0 Å². The molecule has 0 fully saturated rings. The van der Waals surface area contributed by atoms with Gasteiger partial charge >= 0.3 is 11.9 Å². The van der Waals surface area contributed by atoms with Gasteiger partial charge in [0.05, 0.1) is 12.3 Å². The molecule has 0 saturated heterocycles. The monoisotopic (exact) mass is 411 g/mol. The molecular weight excluding hydrogens is 386 g/mol. The molecule has 3 N–H and O–H groups in total. The van der Waals surface area contributed by atoms with Crippen LogP contribution in [0, 0.1) is 0 Å². The topological polar surface area (TPSA) is 119 Å². The lowest BCUT2D eigenvalue weighted by Gasteiger charge is -2.23. The van der Waals surface area contributed by atoms with E-state index in [0.717, 1.165) is 10.6 Å². The third-order valence-electron chi connectivity index (χ3n) is 4.37. The van der Waals surface area contributed by atoms with Crippen molar-refractivity contribution >= 4 is 24.1 Å². The van der Waals surface area contributed by atoms with Crippen molar-refractivity contribution in [2.75, 3.05) is 6.54 Å². The normalized spacial score (nSPS) is 13.0. The largest absolute Gasteiger partial charge is 0.480 e. The van der Waals surface area contributed by atoms with Gasteiger partial charge in [-0.1, -0.05) is 60.7 Å². The smallest absolute Gasteiger partial charge is 0.325 e. The number of rotatable bonds is 11. The van der Waals surface area contributed by atoms with Crippen molar-refractivity contribution in [3.8, 4) is 0 Å². The summed E-state index contributed by atoms with van der Waals surface area (Å²) in [6.07, 6.45) is 2.19. The maximum absolute atomic E-state index is 12.7. The highest BCUT2D eigenvalue weighted by atomic mass is 16.4. The van der Waals surface area contributed by atoms with Crippen LogP contribution in [0.4, 0.5) is 0 Å². The van der Waals surface area contributed by atoms with Crippen molar-refractivity contribution in [3.05, 3.63) is 71.8 Å². The quantitative estimate of drug-likeness (QED) is 0.384. The minimum absolute atomic E-state index is 0.281. The van der Waals surface area contributed by atoms with E-state index in [-0.39, 0.29) is 6.42 Å². The van der Waals surface area contributed by atoms with Gasteiger partial charge in [-0.3, -0.25) is 19.7 Å². The Kier molecular flexibility index (Phi) is 8.71. The number of hydrazone groups is 1. The van der Waals surface area contributed by atoms with Gasteiger partial charge in [0.25, 0.3) is 5.91 Å². The molecule has 0 aliphatic heterocycles. The number of nitrogens with one attached hydrogen (secondary N) is 1. The zero-order chi connectivity index (χ0) is 21.9. The van der Waals surface area contributed by atoms with Gasteiger partial charge in [0.15, 0.2) is 0 Å². The molecule has 30 heavy (non-hydrogen) atoms. The molecule has 8 nitrogen and oxygen atoms in total. The molecule has 2 aromatic carbocycles. The molecule has 158 valence electrons. The van der Waals surface area contributed by atoms with Crippen molar-refractivity contribution in [2.24, 2.45) is 5.10 Å². The number of benzene rings is 2. The Labute approximate surface area is 174 Å². The summed E-state index contributed by atoms with van der Waals surface area (Å²) in [5, 5.41) is 26.2. The van der Waals surface area contributed by atoms with Crippen molar-refractivity contribution < 1.29 is 24.6 Å². The van der Waals surface area contributed by atoms with Crippen LogP contribution in [-0.2, 0) is 20.8 Å². The zero-order valence-corrected chi connectivity index (χ0v) is 16.6. The van der Waals surface area contributed by atoms with Crippen LogP contribution < -0.4 is 5.32 Å². The number of nitrogens with zero attached hydrogens (tertiary/aromatic N) is 2. The summed E-state index contributed by atoms with van der Waals surface area (Å²) in [5.41, 5.74) is 1.69. The Morgan fingerprint density at radius 2 is 1.63 bits per heavy atom. The van der Waals surface area contributed by atoms with Crippen LogP contribution in [0.15, 0.2) is 65.8 Å². The van der Waals surface area contributed by atoms with Crippen molar-refractivity contribution in [1.29, 1.82) is 0 Å². The molecule has 2 atom stereocenters. The number of amides is 1. The second kappa shape index (κ2) is 11.5. The third kappa shape index (κ3) is 7.48. The predicted octanol–water partition coefficient (Wildman–Crippen LogP) is 2.00. The van der Waals surface area contributed by atoms with Crippen molar-refractivity contribution in [2.45, 2.75) is 31.8 Å². The summed E-state index contributed by atoms with van der Waals surface area (Å²) >= 11 is 0. The summed E-state index contributed by atoms with van der Waals surface area (Å²) in [6, 6.07) is 16.5. The van der Waals surface area contributed by atoms with Gasteiger partial charge in [-0.2, -0.15) is 5.10 Å². The molecule has 0 aromatic heterocycles. The summed E-state index contributed by atoms with van der Waals surface area (Å²) in [4.78, 5) is 35.5. The molecule has 0 bridgehead atoms. The molecule has 0 saturated carbocycles. The summed E-state index contributed by atoms with van der Waals surface area (Å²) in [7, 11) is 0. The first kappa shape index (κ1) is 22.8. The molecular formula is C22H25N3O5. The van der Waals surface area contributed by atoms with E-state index in [4.69, 9.17) is 5.11 Å². The van der Waals surface area contributed by atoms with Crippen LogP contribution in [-0.4, -0.2) is 57.9 Å². The first-order valence-corrected chi connectivity index (χ1v) is 9.52. The lowest BCUT2D eigenvalue weighted by molar-refractivity contribution is -0.146. The van der Waals surface area contributed by atoms with E-state index in [1.165, 1.54) is 13.1 Å². The van der Waals surface area contributed by atoms with Gasteiger partial charge in [0, 0.05) is 0 Å². The SMILES string of the molecule is C[C@H](NC(CCc1ccccc1)C(=O)O)C(=O)N(CC(=O)O)N=Cc1ccccc1. The molecule has 2 rings (SSSR count). The molecule has 0 spiro atoms. The third-order valence-corrected chi connectivity index (χ3v) is 4.37. The molecule has 0 heterocycles. The highest BCUT2D eigenvalue weighted by molar-refractivity contribution is 5.87. The van der Waals surface area contributed by atoms with Gasteiger partial charge in [-0.15, -0.1) is 0 Å². The molecule has 1 unspecified atom stereocenters. The van der Waals surface area contributed by atoms with Gasteiger partial charge in [0.1, 0.15) is 12.6 Å². The van der Waals surface area contributed by atoms with E-state index in [2.05, 4.69) is 10.4 Å². The van der Waals surface area contributed by atoms with Crippen LogP contribution >= 0.6 is 0 Å². The number of carboxylic acids is 2. The number of carbonyl (C=O) groups excluding carboxylic acids is 1. The van der Waals surface area contributed by atoms with Gasteiger partial charge in [-0.05, 0) is 30.9 Å². The fourth-order valence-corrected chi connectivity index (χ4v) is 2.81. The molecule has 0 aliphatic carbocycles. The number of aliphatic carboxylic acids is 2. The molecule has 2 aromatic rings. The zero-order valence-electron chi connectivity index (χ0n) is 16.6. The average Bonchev–Trinajstić information content (AvgIpc) is 2.74. The lowest BCUT2D eigenvalue weighted by Crippen LogP contribution is -2.50. The minimum Gasteiger partial charge on any atom is -0.480 e. The van der Waals surface area contributed by atoms with Crippen LogP contribution in [0.3, 0.4) is 0 Å². The summed E-state index contributed by atoms with van der Waals surface area (Å²) in [6.45, 7) is 0.865. The molecule has 1 amide bonds. The molecule has 8 heteroatoms. The van der Waals surface area contributed by atoms with E-state index in [1.807, 2.05) is 36.4 Å². The summed E-state index contributed by atoms with van der Waals surface area (Å²) in [5.74, 6) is -2.93. The fourth-order valence-electron chi connectivity index (χ4n) is 2.81.